The van der Waals surface area contributed by atoms with Gasteiger partial charge in [0.15, 0.2) is 0 Å². The van der Waals surface area contributed by atoms with E-state index in [1.807, 2.05) is 19.9 Å². The SMILES string of the molecule is CC1=C[C@H](OC(=O)c2ccc(O)cc2)[C@@H]2[C@@](C)(CC1)CC[C@@]2(O)C(C)C. The molecular weight excluding hydrogens is 328 g/mol. The van der Waals surface area contributed by atoms with E-state index in [1.54, 1.807) is 12.1 Å². The van der Waals surface area contributed by atoms with E-state index in [2.05, 4.69) is 13.8 Å². The van der Waals surface area contributed by atoms with Crippen molar-refractivity contribution in [2.75, 3.05) is 0 Å². The molecular formula is C22H30O4. The number of aliphatic hydroxyl groups is 1. The molecule has 0 amide bonds. The fourth-order valence-corrected chi connectivity index (χ4v) is 4.84. The summed E-state index contributed by atoms with van der Waals surface area (Å²) in [5.41, 5.74) is 0.726. The molecule has 0 heterocycles. The summed E-state index contributed by atoms with van der Waals surface area (Å²) in [6.07, 6.45) is 5.25. The average Bonchev–Trinajstić information content (AvgIpc) is 2.78. The van der Waals surface area contributed by atoms with Crippen LogP contribution in [-0.2, 0) is 4.74 Å². The lowest BCUT2D eigenvalue weighted by Gasteiger charge is -2.43. The second kappa shape index (κ2) is 6.73. The standard InChI is InChI=1S/C22H30O4/c1-14(2)22(25)12-11-21(4)10-9-15(3)13-18(19(21)22)26-20(24)16-5-7-17(23)8-6-16/h5-8,13-14,18-19,23,25H,9-12H2,1-4H3/t18-,19+,21-,22+/m0/s1. The molecule has 0 aliphatic heterocycles. The first kappa shape index (κ1) is 19.0. The van der Waals surface area contributed by atoms with Gasteiger partial charge in [-0.2, -0.15) is 0 Å². The second-order valence-corrected chi connectivity index (χ2v) is 8.71. The van der Waals surface area contributed by atoms with Gasteiger partial charge in [0, 0.05) is 5.92 Å². The Labute approximate surface area is 155 Å². The van der Waals surface area contributed by atoms with Crippen molar-refractivity contribution in [3.63, 3.8) is 0 Å². The van der Waals surface area contributed by atoms with Crippen LogP contribution in [0.15, 0.2) is 35.9 Å². The average molecular weight is 358 g/mol. The van der Waals surface area contributed by atoms with Gasteiger partial charge in [-0.3, -0.25) is 0 Å². The summed E-state index contributed by atoms with van der Waals surface area (Å²) in [7, 11) is 0. The lowest BCUT2D eigenvalue weighted by atomic mass is 9.68. The van der Waals surface area contributed by atoms with E-state index in [0.29, 0.717) is 5.56 Å². The van der Waals surface area contributed by atoms with Crippen LogP contribution in [0.1, 0.15) is 63.7 Å². The molecule has 2 aliphatic rings. The summed E-state index contributed by atoms with van der Waals surface area (Å²) >= 11 is 0. The van der Waals surface area contributed by atoms with Gasteiger partial charge in [-0.05, 0) is 74.3 Å². The molecule has 0 radical (unpaired) electrons. The van der Waals surface area contributed by atoms with E-state index >= 15 is 0 Å². The van der Waals surface area contributed by atoms with Crippen LogP contribution in [0.3, 0.4) is 0 Å². The number of carbonyl (C=O) groups excluding carboxylic acids is 1. The number of ether oxygens (including phenoxy) is 1. The van der Waals surface area contributed by atoms with E-state index in [1.165, 1.54) is 17.7 Å². The van der Waals surface area contributed by atoms with Crippen molar-refractivity contribution in [1.29, 1.82) is 0 Å². The molecule has 0 unspecified atom stereocenters. The number of allylic oxidation sites excluding steroid dienone is 1. The third-order valence-corrected chi connectivity index (χ3v) is 6.60. The highest BCUT2D eigenvalue weighted by molar-refractivity contribution is 5.89. The zero-order valence-corrected chi connectivity index (χ0v) is 16.2. The third-order valence-electron chi connectivity index (χ3n) is 6.60. The number of esters is 1. The Morgan fingerprint density at radius 3 is 2.46 bits per heavy atom. The van der Waals surface area contributed by atoms with Gasteiger partial charge in [0.25, 0.3) is 0 Å². The van der Waals surface area contributed by atoms with Crippen molar-refractivity contribution < 1.29 is 19.7 Å². The van der Waals surface area contributed by atoms with Crippen molar-refractivity contribution in [2.24, 2.45) is 17.3 Å². The number of rotatable bonds is 3. The molecule has 4 atom stereocenters. The van der Waals surface area contributed by atoms with Gasteiger partial charge < -0.3 is 14.9 Å². The summed E-state index contributed by atoms with van der Waals surface area (Å²) in [4.78, 5) is 12.7. The molecule has 1 saturated carbocycles. The Bertz CT molecular complexity index is 705. The minimum atomic E-state index is -0.838. The van der Waals surface area contributed by atoms with Gasteiger partial charge in [0.2, 0.25) is 0 Å². The first-order valence-electron chi connectivity index (χ1n) is 9.55. The number of hydrogen-bond acceptors (Lipinski definition) is 4. The number of phenolic OH excluding ortho intramolecular Hbond substituents is 1. The van der Waals surface area contributed by atoms with Crippen molar-refractivity contribution in [1.82, 2.24) is 0 Å². The van der Waals surface area contributed by atoms with Crippen molar-refractivity contribution >= 4 is 5.97 Å². The summed E-state index contributed by atoms with van der Waals surface area (Å²) in [6.45, 7) is 8.39. The van der Waals surface area contributed by atoms with Gasteiger partial charge in [0.05, 0.1) is 11.2 Å². The van der Waals surface area contributed by atoms with Crippen molar-refractivity contribution in [3.8, 4) is 5.75 Å². The van der Waals surface area contributed by atoms with Crippen LogP contribution >= 0.6 is 0 Å². The lowest BCUT2D eigenvalue weighted by molar-refractivity contribution is -0.102. The van der Waals surface area contributed by atoms with Crippen LogP contribution in [-0.4, -0.2) is 27.9 Å². The Morgan fingerprint density at radius 1 is 1.19 bits per heavy atom. The Balaban J connectivity index is 1.94. The largest absolute Gasteiger partial charge is 0.508 e. The summed E-state index contributed by atoms with van der Waals surface area (Å²) in [5, 5.41) is 20.9. The Morgan fingerprint density at radius 2 is 1.85 bits per heavy atom. The highest BCUT2D eigenvalue weighted by Gasteiger charge is 2.59. The van der Waals surface area contributed by atoms with E-state index in [0.717, 1.165) is 25.7 Å². The van der Waals surface area contributed by atoms with Gasteiger partial charge in [0.1, 0.15) is 11.9 Å². The fourth-order valence-electron chi connectivity index (χ4n) is 4.84. The van der Waals surface area contributed by atoms with Crippen LogP contribution in [0, 0.1) is 17.3 Å². The molecule has 0 spiro atoms. The molecule has 4 nitrogen and oxygen atoms in total. The van der Waals surface area contributed by atoms with Gasteiger partial charge in [-0.25, -0.2) is 4.79 Å². The van der Waals surface area contributed by atoms with Gasteiger partial charge >= 0.3 is 5.97 Å². The quantitative estimate of drug-likeness (QED) is 0.618. The molecule has 0 aromatic heterocycles. The maximum absolute atomic E-state index is 12.7. The number of carbonyl (C=O) groups is 1. The van der Waals surface area contributed by atoms with Gasteiger partial charge in [-0.1, -0.05) is 26.3 Å². The molecule has 4 heteroatoms. The third kappa shape index (κ3) is 3.27. The van der Waals surface area contributed by atoms with Crippen molar-refractivity contribution in [3.05, 3.63) is 41.5 Å². The van der Waals surface area contributed by atoms with Crippen LogP contribution in [0.2, 0.25) is 0 Å². The molecule has 142 valence electrons. The molecule has 0 saturated heterocycles. The molecule has 2 aliphatic carbocycles. The maximum atomic E-state index is 12.7. The zero-order valence-electron chi connectivity index (χ0n) is 16.2. The topological polar surface area (TPSA) is 66.8 Å². The molecule has 3 rings (SSSR count). The first-order chi connectivity index (χ1) is 12.2. The number of phenols is 1. The lowest BCUT2D eigenvalue weighted by Crippen LogP contribution is -2.49. The Kier molecular flexibility index (Phi) is 4.91. The predicted octanol–water partition coefficient (Wildman–Crippen LogP) is 4.46. The normalized spacial score (nSPS) is 34.2. The molecule has 1 fully saturated rings. The first-order valence-corrected chi connectivity index (χ1v) is 9.55. The number of aromatic hydroxyl groups is 1. The number of fused-ring (bicyclic) bond motifs is 1. The highest BCUT2D eigenvalue weighted by atomic mass is 16.5. The summed E-state index contributed by atoms with van der Waals surface area (Å²) in [6, 6.07) is 6.09. The van der Waals surface area contributed by atoms with Crippen molar-refractivity contribution in [2.45, 2.75) is 65.1 Å². The molecule has 1 aromatic rings. The van der Waals surface area contributed by atoms with E-state index in [9.17, 15) is 15.0 Å². The van der Waals surface area contributed by atoms with E-state index in [-0.39, 0.29) is 23.0 Å². The fraction of sp³-hybridized carbons (Fsp3) is 0.591. The smallest absolute Gasteiger partial charge is 0.338 e. The van der Waals surface area contributed by atoms with Crippen LogP contribution < -0.4 is 0 Å². The molecule has 26 heavy (non-hydrogen) atoms. The molecule has 1 aromatic carbocycles. The van der Waals surface area contributed by atoms with Gasteiger partial charge in [-0.15, -0.1) is 0 Å². The van der Waals surface area contributed by atoms with Crippen LogP contribution in [0.4, 0.5) is 0 Å². The van der Waals surface area contributed by atoms with E-state index in [4.69, 9.17) is 4.74 Å². The number of benzene rings is 1. The minimum absolute atomic E-state index is 0.0484. The second-order valence-electron chi connectivity index (χ2n) is 8.71. The molecule has 2 N–H and O–H groups in total. The summed E-state index contributed by atoms with van der Waals surface area (Å²) < 4.78 is 5.94. The maximum Gasteiger partial charge on any atom is 0.338 e. The monoisotopic (exact) mass is 358 g/mol. The number of hydrogen-bond donors (Lipinski definition) is 2. The summed E-state index contributed by atoms with van der Waals surface area (Å²) in [5.74, 6) is -0.324. The predicted molar refractivity (Wildman–Crippen MR) is 101 cm³/mol. The van der Waals surface area contributed by atoms with Crippen LogP contribution in [0.25, 0.3) is 0 Å². The van der Waals surface area contributed by atoms with Crippen LogP contribution in [0.5, 0.6) is 5.75 Å². The highest BCUT2D eigenvalue weighted by Crippen LogP contribution is 2.58. The van der Waals surface area contributed by atoms with E-state index < -0.39 is 17.7 Å². The molecule has 0 bridgehead atoms. The minimum Gasteiger partial charge on any atom is -0.508 e. The Hall–Kier alpha value is -1.81. The zero-order chi connectivity index (χ0) is 19.1.